The summed E-state index contributed by atoms with van der Waals surface area (Å²) in [4.78, 5) is 36.5. The summed E-state index contributed by atoms with van der Waals surface area (Å²) in [7, 11) is 0. The number of hydrogen-bond donors (Lipinski definition) is 0. The molecule has 0 bridgehead atoms. The molecule has 4 heterocycles. The van der Waals surface area contributed by atoms with Crippen molar-refractivity contribution in [1.29, 1.82) is 0 Å². The monoisotopic (exact) mass is 401 g/mol. The first kappa shape index (κ1) is 18.4. The molecule has 3 aromatic rings. The Labute approximate surface area is 166 Å². The van der Waals surface area contributed by atoms with Gasteiger partial charge in [-0.1, -0.05) is 0 Å². The molecule has 1 aliphatic heterocycles. The summed E-state index contributed by atoms with van der Waals surface area (Å²) in [6.45, 7) is 7.25. The van der Waals surface area contributed by atoms with Crippen LogP contribution in [0.5, 0.6) is 0 Å². The average molecular weight is 402 g/mol. The fourth-order valence-electron chi connectivity index (χ4n) is 3.78. The van der Waals surface area contributed by atoms with Gasteiger partial charge in [-0.05, 0) is 51.3 Å². The highest BCUT2D eigenvalue weighted by atomic mass is 32.1. The van der Waals surface area contributed by atoms with Gasteiger partial charge in [0.1, 0.15) is 4.83 Å². The molecule has 0 N–H and O–H groups in total. The Balaban J connectivity index is 1.51. The number of amides is 1. The van der Waals surface area contributed by atoms with E-state index in [0.717, 1.165) is 34.7 Å². The first-order valence-corrected chi connectivity index (χ1v) is 10.9. The zero-order valence-electron chi connectivity index (χ0n) is 15.8. The molecule has 1 aliphatic rings. The quantitative estimate of drug-likeness (QED) is 0.658. The van der Waals surface area contributed by atoms with Crippen LogP contribution in [0.2, 0.25) is 0 Å². The van der Waals surface area contributed by atoms with E-state index >= 15 is 0 Å². The molecule has 0 saturated carbocycles. The summed E-state index contributed by atoms with van der Waals surface area (Å²) in [5.74, 6) is 0.119. The third-order valence-corrected chi connectivity index (χ3v) is 7.60. The van der Waals surface area contributed by atoms with Crippen molar-refractivity contribution in [2.24, 2.45) is 0 Å². The molecule has 0 aromatic carbocycles. The van der Waals surface area contributed by atoms with E-state index in [-0.39, 0.29) is 17.5 Å². The number of likely N-dealkylation sites (tertiary alicyclic amines) is 1. The molecule has 1 fully saturated rings. The van der Waals surface area contributed by atoms with Crippen molar-refractivity contribution in [2.45, 2.75) is 52.6 Å². The van der Waals surface area contributed by atoms with Crippen LogP contribution in [0, 0.1) is 20.8 Å². The van der Waals surface area contributed by atoms with Crippen LogP contribution >= 0.6 is 22.7 Å². The highest BCUT2D eigenvalue weighted by Crippen LogP contribution is 2.36. The molecule has 0 radical (unpaired) electrons. The molecule has 1 amide bonds. The lowest BCUT2D eigenvalue weighted by Gasteiger charge is -2.24. The largest absolute Gasteiger partial charge is 0.335 e. The highest BCUT2D eigenvalue weighted by Gasteiger charge is 2.30. The van der Waals surface area contributed by atoms with E-state index in [1.54, 1.807) is 33.6 Å². The Morgan fingerprint density at radius 1 is 1.26 bits per heavy atom. The van der Waals surface area contributed by atoms with Crippen LogP contribution < -0.4 is 5.56 Å². The number of carbonyl (C=O) groups excluding carboxylic acids is 1. The van der Waals surface area contributed by atoms with Gasteiger partial charge in [0.05, 0.1) is 17.8 Å². The Bertz CT molecular complexity index is 1060. The molecule has 3 aromatic heterocycles. The van der Waals surface area contributed by atoms with Crippen LogP contribution in [0.1, 0.15) is 45.5 Å². The number of aromatic nitrogens is 2. The predicted molar refractivity (Wildman–Crippen MR) is 111 cm³/mol. The predicted octanol–water partition coefficient (Wildman–Crippen LogP) is 4.20. The Kier molecular flexibility index (Phi) is 4.90. The maximum atomic E-state index is 12.9. The maximum absolute atomic E-state index is 12.9. The zero-order valence-corrected chi connectivity index (χ0v) is 17.5. The molecule has 5 nitrogen and oxygen atoms in total. The summed E-state index contributed by atoms with van der Waals surface area (Å²) < 4.78 is 1.58. The summed E-state index contributed by atoms with van der Waals surface area (Å²) in [5, 5.41) is 0.695. The summed E-state index contributed by atoms with van der Waals surface area (Å²) in [5.41, 5.74) is 0.961. The van der Waals surface area contributed by atoms with E-state index < -0.39 is 0 Å². The van der Waals surface area contributed by atoms with E-state index in [1.165, 1.54) is 9.75 Å². The molecule has 1 atom stereocenters. The van der Waals surface area contributed by atoms with E-state index in [4.69, 9.17) is 0 Å². The zero-order chi connectivity index (χ0) is 19.1. The van der Waals surface area contributed by atoms with Crippen LogP contribution in [0.3, 0.4) is 0 Å². The van der Waals surface area contributed by atoms with Crippen molar-refractivity contribution in [2.75, 3.05) is 6.54 Å². The molecule has 27 heavy (non-hydrogen) atoms. The second-order valence-electron chi connectivity index (χ2n) is 7.15. The summed E-state index contributed by atoms with van der Waals surface area (Å²) in [6.07, 6.45) is 3.97. The van der Waals surface area contributed by atoms with Gasteiger partial charge in [-0.3, -0.25) is 14.2 Å². The number of carbonyl (C=O) groups is 1. The van der Waals surface area contributed by atoms with Crippen molar-refractivity contribution in [1.82, 2.24) is 14.5 Å². The van der Waals surface area contributed by atoms with Crippen LogP contribution in [0.25, 0.3) is 10.2 Å². The minimum Gasteiger partial charge on any atom is -0.335 e. The van der Waals surface area contributed by atoms with Gasteiger partial charge in [-0.15, -0.1) is 22.7 Å². The van der Waals surface area contributed by atoms with E-state index in [2.05, 4.69) is 24.0 Å². The third kappa shape index (κ3) is 3.34. The van der Waals surface area contributed by atoms with E-state index in [1.807, 2.05) is 18.7 Å². The number of rotatable bonds is 4. The second kappa shape index (κ2) is 7.20. The third-order valence-electron chi connectivity index (χ3n) is 5.39. The van der Waals surface area contributed by atoms with Crippen LogP contribution in [0.15, 0.2) is 23.3 Å². The summed E-state index contributed by atoms with van der Waals surface area (Å²) >= 11 is 3.32. The van der Waals surface area contributed by atoms with Gasteiger partial charge in [-0.2, -0.15) is 0 Å². The minimum atomic E-state index is -0.0403. The molecular formula is C20H23N3O2S2. The molecule has 0 spiro atoms. The van der Waals surface area contributed by atoms with Gasteiger partial charge < -0.3 is 4.90 Å². The average Bonchev–Trinajstić information content (AvgIpc) is 3.34. The normalized spacial score (nSPS) is 17.1. The van der Waals surface area contributed by atoms with E-state index in [9.17, 15) is 9.59 Å². The SMILES string of the molecule is Cc1ccc(C2CCCN2C(=O)CCn2cnc3sc(C)c(C)c3c2=O)s1. The lowest BCUT2D eigenvalue weighted by molar-refractivity contribution is -0.132. The lowest BCUT2D eigenvalue weighted by atomic mass is 10.2. The fraction of sp³-hybridized carbons (Fsp3) is 0.450. The number of fused-ring (bicyclic) bond motifs is 1. The molecule has 1 saturated heterocycles. The van der Waals surface area contributed by atoms with Crippen molar-refractivity contribution >= 4 is 38.8 Å². The fourth-order valence-corrected chi connectivity index (χ4v) is 5.80. The van der Waals surface area contributed by atoms with Crippen LogP contribution in [0.4, 0.5) is 0 Å². The first-order valence-electron chi connectivity index (χ1n) is 9.26. The van der Waals surface area contributed by atoms with Crippen LogP contribution in [-0.2, 0) is 11.3 Å². The van der Waals surface area contributed by atoms with Gasteiger partial charge in [0.25, 0.3) is 5.56 Å². The molecule has 0 aliphatic carbocycles. The number of thiophene rings is 2. The van der Waals surface area contributed by atoms with Crippen molar-refractivity contribution < 1.29 is 4.79 Å². The molecule has 7 heteroatoms. The van der Waals surface area contributed by atoms with E-state index in [0.29, 0.717) is 18.4 Å². The van der Waals surface area contributed by atoms with Gasteiger partial charge >= 0.3 is 0 Å². The topological polar surface area (TPSA) is 55.2 Å². The Hall–Kier alpha value is -1.99. The number of hydrogen-bond acceptors (Lipinski definition) is 5. The van der Waals surface area contributed by atoms with Crippen LogP contribution in [-0.4, -0.2) is 26.9 Å². The summed E-state index contributed by atoms with van der Waals surface area (Å²) in [6, 6.07) is 4.45. The molecule has 1 unspecified atom stereocenters. The minimum absolute atomic E-state index is 0.0403. The van der Waals surface area contributed by atoms with Crippen molar-refractivity contribution in [3.8, 4) is 0 Å². The van der Waals surface area contributed by atoms with Gasteiger partial charge in [-0.25, -0.2) is 4.98 Å². The highest BCUT2D eigenvalue weighted by molar-refractivity contribution is 7.18. The smallest absolute Gasteiger partial charge is 0.262 e. The second-order valence-corrected chi connectivity index (χ2v) is 9.67. The standard InChI is InChI=1S/C20H23N3O2S2/c1-12-6-7-16(26-12)15-5-4-9-23(15)17(24)8-10-22-11-21-19-18(20(22)25)13(2)14(3)27-19/h6-7,11,15H,4-5,8-10H2,1-3H3. The molecular weight excluding hydrogens is 378 g/mol. The van der Waals surface area contributed by atoms with Gasteiger partial charge in [0, 0.05) is 34.1 Å². The lowest BCUT2D eigenvalue weighted by Crippen LogP contribution is -2.32. The Morgan fingerprint density at radius 3 is 2.81 bits per heavy atom. The molecule has 142 valence electrons. The number of aryl methyl sites for hydroxylation is 4. The first-order chi connectivity index (χ1) is 13.0. The van der Waals surface area contributed by atoms with Gasteiger partial charge in [0.15, 0.2) is 0 Å². The molecule has 4 rings (SSSR count). The maximum Gasteiger partial charge on any atom is 0.262 e. The van der Waals surface area contributed by atoms with Crippen molar-refractivity contribution in [3.05, 3.63) is 49.0 Å². The number of nitrogens with zero attached hydrogens (tertiary/aromatic N) is 3. The Morgan fingerprint density at radius 2 is 2.07 bits per heavy atom. The van der Waals surface area contributed by atoms with Crippen molar-refractivity contribution in [3.63, 3.8) is 0 Å². The van der Waals surface area contributed by atoms with Gasteiger partial charge in [0.2, 0.25) is 5.91 Å².